The zero-order valence-electron chi connectivity index (χ0n) is 12.5. The fourth-order valence-electron chi connectivity index (χ4n) is 2.82. The predicted octanol–water partition coefficient (Wildman–Crippen LogP) is 2.51. The molecule has 1 saturated heterocycles. The first-order valence-electron chi connectivity index (χ1n) is 7.59. The number of aromatic nitrogens is 1. The lowest BCUT2D eigenvalue weighted by molar-refractivity contribution is 0.0374. The Morgan fingerprint density at radius 3 is 2.86 bits per heavy atom. The number of hydrogen-bond donors (Lipinski definition) is 0. The molecule has 2 heterocycles. The van der Waals surface area contributed by atoms with E-state index in [2.05, 4.69) is 22.0 Å². The number of ether oxygens (including phenoxy) is 2. The minimum atomic E-state index is 0.760. The molecule has 0 saturated carbocycles. The van der Waals surface area contributed by atoms with Crippen LogP contribution in [0.2, 0.25) is 0 Å². The first-order valence-corrected chi connectivity index (χ1v) is 7.59. The number of morpholine rings is 1. The van der Waals surface area contributed by atoms with E-state index >= 15 is 0 Å². The standard InChI is InChI=1S/C17H22N2O2/c1-20-17-15(6-4-8-19-9-11-21-12-10-19)13-14-5-2-3-7-16(14)18-17/h2-3,5,7,13H,4,6,8-12H2,1H3. The van der Waals surface area contributed by atoms with E-state index in [4.69, 9.17) is 9.47 Å². The number of hydrogen-bond acceptors (Lipinski definition) is 4. The van der Waals surface area contributed by atoms with Gasteiger partial charge in [-0.15, -0.1) is 0 Å². The van der Waals surface area contributed by atoms with Gasteiger partial charge >= 0.3 is 0 Å². The number of pyridine rings is 1. The Morgan fingerprint density at radius 1 is 1.24 bits per heavy atom. The molecule has 21 heavy (non-hydrogen) atoms. The monoisotopic (exact) mass is 286 g/mol. The van der Waals surface area contributed by atoms with Gasteiger partial charge in [-0.1, -0.05) is 18.2 Å². The van der Waals surface area contributed by atoms with E-state index in [0.717, 1.165) is 57.1 Å². The third kappa shape index (κ3) is 3.52. The van der Waals surface area contributed by atoms with Crippen LogP contribution in [-0.2, 0) is 11.2 Å². The molecule has 1 aromatic carbocycles. The fourth-order valence-corrected chi connectivity index (χ4v) is 2.82. The SMILES string of the molecule is COc1nc2ccccc2cc1CCCN1CCOCC1. The molecule has 4 nitrogen and oxygen atoms in total. The largest absolute Gasteiger partial charge is 0.481 e. The van der Waals surface area contributed by atoms with E-state index in [-0.39, 0.29) is 0 Å². The number of aryl methyl sites for hydroxylation is 1. The Balaban J connectivity index is 1.67. The van der Waals surface area contributed by atoms with Gasteiger partial charge in [-0.3, -0.25) is 4.90 Å². The average Bonchev–Trinajstić information content (AvgIpc) is 2.55. The van der Waals surface area contributed by atoms with Crippen molar-refractivity contribution in [2.45, 2.75) is 12.8 Å². The van der Waals surface area contributed by atoms with Crippen LogP contribution >= 0.6 is 0 Å². The van der Waals surface area contributed by atoms with Gasteiger partial charge in [-0.05, 0) is 31.5 Å². The molecule has 0 amide bonds. The third-order valence-corrected chi connectivity index (χ3v) is 3.98. The fraction of sp³-hybridized carbons (Fsp3) is 0.471. The molecule has 0 N–H and O–H groups in total. The van der Waals surface area contributed by atoms with Crippen molar-refractivity contribution in [3.05, 3.63) is 35.9 Å². The van der Waals surface area contributed by atoms with E-state index in [0.29, 0.717) is 0 Å². The summed E-state index contributed by atoms with van der Waals surface area (Å²) in [7, 11) is 1.70. The second-order valence-corrected chi connectivity index (χ2v) is 5.41. The van der Waals surface area contributed by atoms with Gasteiger partial charge in [0.1, 0.15) is 0 Å². The second kappa shape index (κ2) is 6.87. The number of fused-ring (bicyclic) bond motifs is 1. The van der Waals surface area contributed by atoms with E-state index < -0.39 is 0 Å². The Hall–Kier alpha value is -1.65. The highest BCUT2D eigenvalue weighted by Crippen LogP contribution is 2.23. The van der Waals surface area contributed by atoms with Crippen LogP contribution < -0.4 is 4.74 Å². The zero-order chi connectivity index (χ0) is 14.5. The summed E-state index contributed by atoms with van der Waals surface area (Å²) < 4.78 is 10.8. The summed E-state index contributed by atoms with van der Waals surface area (Å²) in [5.41, 5.74) is 2.19. The maximum absolute atomic E-state index is 5.45. The lowest BCUT2D eigenvalue weighted by atomic mass is 10.1. The molecular weight excluding hydrogens is 264 g/mol. The molecule has 1 aromatic heterocycles. The highest BCUT2D eigenvalue weighted by molar-refractivity contribution is 5.80. The van der Waals surface area contributed by atoms with Crippen molar-refractivity contribution in [3.63, 3.8) is 0 Å². The Kier molecular flexibility index (Phi) is 4.68. The van der Waals surface area contributed by atoms with Gasteiger partial charge in [0.15, 0.2) is 0 Å². The average molecular weight is 286 g/mol. The molecule has 3 rings (SSSR count). The third-order valence-electron chi connectivity index (χ3n) is 3.98. The number of rotatable bonds is 5. The minimum Gasteiger partial charge on any atom is -0.481 e. The van der Waals surface area contributed by atoms with Crippen LogP contribution in [0.5, 0.6) is 5.88 Å². The van der Waals surface area contributed by atoms with Crippen LogP contribution in [0.3, 0.4) is 0 Å². The molecule has 0 atom stereocenters. The molecule has 4 heteroatoms. The summed E-state index contributed by atoms with van der Waals surface area (Å²) in [6.45, 7) is 4.93. The topological polar surface area (TPSA) is 34.6 Å². The first-order chi connectivity index (χ1) is 10.4. The van der Waals surface area contributed by atoms with Crippen molar-refractivity contribution in [3.8, 4) is 5.88 Å². The Labute approximate surface area is 125 Å². The lowest BCUT2D eigenvalue weighted by Gasteiger charge is -2.26. The van der Waals surface area contributed by atoms with Gasteiger partial charge in [0, 0.05) is 24.0 Å². The number of benzene rings is 1. The van der Waals surface area contributed by atoms with E-state index in [1.54, 1.807) is 7.11 Å². The van der Waals surface area contributed by atoms with Crippen molar-refractivity contribution in [1.29, 1.82) is 0 Å². The molecular formula is C17H22N2O2. The number of para-hydroxylation sites is 1. The highest BCUT2D eigenvalue weighted by Gasteiger charge is 2.11. The summed E-state index contributed by atoms with van der Waals surface area (Å²) in [6, 6.07) is 10.4. The van der Waals surface area contributed by atoms with Gasteiger partial charge in [-0.2, -0.15) is 0 Å². The first kappa shape index (κ1) is 14.3. The van der Waals surface area contributed by atoms with Crippen molar-refractivity contribution in [2.24, 2.45) is 0 Å². The molecule has 0 radical (unpaired) electrons. The van der Waals surface area contributed by atoms with Gasteiger partial charge in [-0.25, -0.2) is 4.98 Å². The molecule has 112 valence electrons. The van der Waals surface area contributed by atoms with E-state index in [9.17, 15) is 0 Å². The van der Waals surface area contributed by atoms with Gasteiger partial charge in [0.25, 0.3) is 0 Å². The van der Waals surface area contributed by atoms with Crippen LogP contribution in [0.4, 0.5) is 0 Å². The van der Waals surface area contributed by atoms with Crippen molar-refractivity contribution in [1.82, 2.24) is 9.88 Å². The minimum absolute atomic E-state index is 0.760. The lowest BCUT2D eigenvalue weighted by Crippen LogP contribution is -2.36. The van der Waals surface area contributed by atoms with Gasteiger partial charge < -0.3 is 9.47 Å². The summed E-state index contributed by atoms with van der Waals surface area (Å²) in [5, 5.41) is 1.18. The summed E-state index contributed by atoms with van der Waals surface area (Å²) >= 11 is 0. The van der Waals surface area contributed by atoms with Crippen LogP contribution in [-0.4, -0.2) is 49.8 Å². The maximum atomic E-state index is 5.45. The Bertz CT molecular complexity index is 594. The second-order valence-electron chi connectivity index (χ2n) is 5.41. The molecule has 1 aliphatic heterocycles. The van der Waals surface area contributed by atoms with Crippen molar-refractivity contribution >= 4 is 10.9 Å². The molecule has 0 bridgehead atoms. The number of methoxy groups -OCH3 is 1. The highest BCUT2D eigenvalue weighted by atomic mass is 16.5. The number of nitrogens with zero attached hydrogens (tertiary/aromatic N) is 2. The predicted molar refractivity (Wildman–Crippen MR) is 83.9 cm³/mol. The summed E-state index contributed by atoms with van der Waals surface area (Å²) in [4.78, 5) is 7.07. The molecule has 2 aromatic rings. The van der Waals surface area contributed by atoms with Crippen molar-refractivity contribution < 1.29 is 9.47 Å². The summed E-state index contributed by atoms with van der Waals surface area (Å²) in [6.07, 6.45) is 2.12. The smallest absolute Gasteiger partial charge is 0.216 e. The van der Waals surface area contributed by atoms with Gasteiger partial charge in [0.2, 0.25) is 5.88 Å². The molecule has 0 aliphatic carbocycles. The van der Waals surface area contributed by atoms with Crippen LogP contribution in [0.15, 0.2) is 30.3 Å². The van der Waals surface area contributed by atoms with E-state index in [1.807, 2.05) is 18.2 Å². The van der Waals surface area contributed by atoms with E-state index in [1.165, 1.54) is 10.9 Å². The quantitative estimate of drug-likeness (QED) is 0.846. The zero-order valence-corrected chi connectivity index (χ0v) is 12.5. The van der Waals surface area contributed by atoms with Crippen LogP contribution in [0.25, 0.3) is 10.9 Å². The van der Waals surface area contributed by atoms with Crippen LogP contribution in [0, 0.1) is 0 Å². The van der Waals surface area contributed by atoms with Crippen LogP contribution in [0.1, 0.15) is 12.0 Å². The summed E-state index contributed by atoms with van der Waals surface area (Å²) in [5.74, 6) is 0.760. The molecule has 1 aliphatic rings. The van der Waals surface area contributed by atoms with Gasteiger partial charge in [0.05, 0.1) is 25.8 Å². The van der Waals surface area contributed by atoms with Crippen molar-refractivity contribution in [2.75, 3.05) is 40.0 Å². The molecule has 0 spiro atoms. The Morgan fingerprint density at radius 2 is 2.05 bits per heavy atom. The maximum Gasteiger partial charge on any atom is 0.216 e. The molecule has 0 unspecified atom stereocenters. The normalized spacial score (nSPS) is 16.2. The molecule has 1 fully saturated rings.